The molecule has 0 saturated heterocycles. The topological polar surface area (TPSA) is 38.3 Å². The van der Waals surface area contributed by atoms with E-state index in [2.05, 4.69) is 21.2 Å². The average Bonchev–Trinajstić information content (AvgIpc) is 2.25. The molecule has 4 heteroatoms. The summed E-state index contributed by atoms with van der Waals surface area (Å²) in [6.07, 6.45) is 0. The molecule has 0 radical (unpaired) electrons. The van der Waals surface area contributed by atoms with Gasteiger partial charge >= 0.3 is 5.97 Å². The minimum atomic E-state index is -0.160. The number of hydrogen-bond donors (Lipinski definition) is 1. The smallest absolute Gasteiger partial charge is 0.310 e. The fraction of sp³-hybridized carbons (Fsp3) is 0.462. The Hall–Kier alpha value is -1.03. The van der Waals surface area contributed by atoms with E-state index in [-0.39, 0.29) is 11.9 Å². The number of carbonyl (C=O) groups excluding carboxylic acids is 1. The lowest BCUT2D eigenvalue weighted by atomic mass is 10.1. The maximum absolute atomic E-state index is 11.4. The summed E-state index contributed by atoms with van der Waals surface area (Å²) in [5.41, 5.74) is 2.18. The Labute approximate surface area is 111 Å². The highest BCUT2D eigenvalue weighted by atomic mass is 79.9. The van der Waals surface area contributed by atoms with Crippen molar-refractivity contribution in [3.05, 3.63) is 28.2 Å². The van der Waals surface area contributed by atoms with E-state index in [9.17, 15) is 4.79 Å². The highest BCUT2D eigenvalue weighted by Gasteiger charge is 2.13. The van der Waals surface area contributed by atoms with Gasteiger partial charge in [0, 0.05) is 16.7 Å². The molecule has 0 aliphatic carbocycles. The molecule has 1 rings (SSSR count). The lowest BCUT2D eigenvalue weighted by Crippen LogP contribution is -2.22. The molecule has 1 atom stereocenters. The molecule has 94 valence electrons. The lowest BCUT2D eigenvalue weighted by Gasteiger charge is -2.13. The Kier molecular flexibility index (Phi) is 5.48. The van der Waals surface area contributed by atoms with E-state index in [4.69, 9.17) is 4.74 Å². The number of benzene rings is 1. The molecule has 1 N–H and O–H groups in total. The van der Waals surface area contributed by atoms with E-state index >= 15 is 0 Å². The van der Waals surface area contributed by atoms with Crippen LogP contribution < -0.4 is 5.32 Å². The molecule has 17 heavy (non-hydrogen) atoms. The largest absolute Gasteiger partial charge is 0.466 e. The third-order valence-electron chi connectivity index (χ3n) is 2.34. The van der Waals surface area contributed by atoms with Crippen LogP contribution in [0.3, 0.4) is 0 Å². The van der Waals surface area contributed by atoms with Crippen molar-refractivity contribution in [1.82, 2.24) is 0 Å². The summed E-state index contributed by atoms with van der Waals surface area (Å²) >= 11 is 3.44. The van der Waals surface area contributed by atoms with Crippen molar-refractivity contribution in [2.45, 2.75) is 20.8 Å². The van der Waals surface area contributed by atoms with E-state index in [1.54, 1.807) is 0 Å². The van der Waals surface area contributed by atoms with E-state index in [1.807, 2.05) is 39.0 Å². The quantitative estimate of drug-likeness (QED) is 0.847. The van der Waals surface area contributed by atoms with Gasteiger partial charge in [0.25, 0.3) is 0 Å². The summed E-state index contributed by atoms with van der Waals surface area (Å²) in [5.74, 6) is -0.305. The molecular weight excluding hydrogens is 282 g/mol. The van der Waals surface area contributed by atoms with Gasteiger partial charge in [0.1, 0.15) is 0 Å². The van der Waals surface area contributed by atoms with Crippen LogP contribution in [0, 0.1) is 12.8 Å². The second-order valence-corrected chi connectivity index (χ2v) is 4.97. The van der Waals surface area contributed by atoms with Crippen molar-refractivity contribution in [3.8, 4) is 0 Å². The maximum Gasteiger partial charge on any atom is 0.310 e. The molecule has 1 aromatic rings. The Morgan fingerprint density at radius 1 is 1.47 bits per heavy atom. The van der Waals surface area contributed by atoms with Crippen LogP contribution in [0.1, 0.15) is 19.4 Å². The highest BCUT2D eigenvalue weighted by molar-refractivity contribution is 9.10. The summed E-state index contributed by atoms with van der Waals surface area (Å²) in [5, 5.41) is 3.23. The van der Waals surface area contributed by atoms with Crippen LogP contribution in [0.4, 0.5) is 5.69 Å². The second-order valence-electron chi connectivity index (χ2n) is 4.05. The predicted octanol–water partition coefficient (Wildman–Crippen LogP) is 3.37. The molecule has 0 heterocycles. The Morgan fingerprint density at radius 2 is 2.18 bits per heavy atom. The van der Waals surface area contributed by atoms with Crippen LogP contribution >= 0.6 is 15.9 Å². The van der Waals surface area contributed by atoms with Crippen molar-refractivity contribution in [2.75, 3.05) is 18.5 Å². The van der Waals surface area contributed by atoms with Gasteiger partial charge in [-0.15, -0.1) is 0 Å². The number of nitrogens with one attached hydrogen (secondary N) is 1. The number of hydrogen-bond acceptors (Lipinski definition) is 3. The number of rotatable bonds is 5. The van der Waals surface area contributed by atoms with E-state index in [0.717, 1.165) is 10.2 Å². The molecule has 0 saturated carbocycles. The first kappa shape index (κ1) is 14.0. The Balaban J connectivity index is 2.52. The monoisotopic (exact) mass is 299 g/mol. The summed E-state index contributed by atoms with van der Waals surface area (Å²) < 4.78 is 5.98. The molecule has 0 spiro atoms. The first-order valence-corrected chi connectivity index (χ1v) is 6.50. The van der Waals surface area contributed by atoms with Gasteiger partial charge in [0.05, 0.1) is 12.5 Å². The molecule has 0 bridgehead atoms. The molecule has 1 unspecified atom stereocenters. The molecule has 0 amide bonds. The number of ether oxygens (including phenoxy) is 1. The maximum atomic E-state index is 11.4. The van der Waals surface area contributed by atoms with Crippen LogP contribution in [0.25, 0.3) is 0 Å². The van der Waals surface area contributed by atoms with Gasteiger partial charge in [-0.05, 0) is 37.6 Å². The Morgan fingerprint density at radius 3 is 2.76 bits per heavy atom. The number of anilines is 1. The van der Waals surface area contributed by atoms with Crippen LogP contribution in [0.15, 0.2) is 22.7 Å². The van der Waals surface area contributed by atoms with Gasteiger partial charge in [-0.1, -0.05) is 22.9 Å². The van der Waals surface area contributed by atoms with Crippen molar-refractivity contribution >= 4 is 27.6 Å². The fourth-order valence-corrected chi connectivity index (χ4v) is 2.08. The van der Waals surface area contributed by atoms with E-state index in [1.165, 1.54) is 5.56 Å². The van der Waals surface area contributed by atoms with E-state index in [0.29, 0.717) is 13.2 Å². The minimum absolute atomic E-state index is 0.144. The van der Waals surface area contributed by atoms with Gasteiger partial charge in [-0.3, -0.25) is 4.79 Å². The zero-order valence-electron chi connectivity index (χ0n) is 10.4. The van der Waals surface area contributed by atoms with Crippen molar-refractivity contribution < 1.29 is 9.53 Å². The van der Waals surface area contributed by atoms with Gasteiger partial charge in [-0.25, -0.2) is 0 Å². The van der Waals surface area contributed by atoms with Crippen molar-refractivity contribution in [1.29, 1.82) is 0 Å². The lowest BCUT2D eigenvalue weighted by molar-refractivity contribution is -0.146. The van der Waals surface area contributed by atoms with Crippen LogP contribution in [0.5, 0.6) is 0 Å². The van der Waals surface area contributed by atoms with Gasteiger partial charge in [0.15, 0.2) is 0 Å². The molecule has 0 aliphatic rings. The standard InChI is InChI=1S/C13H18BrNO2/c1-4-17-13(16)10(3)8-15-12-6-9(2)5-11(14)7-12/h5-7,10,15H,4,8H2,1-3H3. The van der Waals surface area contributed by atoms with Crippen molar-refractivity contribution in [2.24, 2.45) is 5.92 Å². The first-order valence-electron chi connectivity index (χ1n) is 5.70. The zero-order valence-corrected chi connectivity index (χ0v) is 12.0. The van der Waals surface area contributed by atoms with Crippen molar-refractivity contribution in [3.63, 3.8) is 0 Å². The predicted molar refractivity (Wildman–Crippen MR) is 73.2 cm³/mol. The second kappa shape index (κ2) is 6.64. The molecular formula is C13H18BrNO2. The highest BCUT2D eigenvalue weighted by Crippen LogP contribution is 2.19. The normalized spacial score (nSPS) is 12.0. The molecule has 0 fully saturated rings. The van der Waals surface area contributed by atoms with Crippen LogP contribution in [-0.2, 0) is 9.53 Å². The summed E-state index contributed by atoms with van der Waals surface area (Å²) in [7, 11) is 0. The van der Waals surface area contributed by atoms with Gasteiger partial charge in [-0.2, -0.15) is 0 Å². The van der Waals surface area contributed by atoms with Gasteiger partial charge < -0.3 is 10.1 Å². The van der Waals surface area contributed by atoms with Crippen LogP contribution in [0.2, 0.25) is 0 Å². The fourth-order valence-electron chi connectivity index (χ4n) is 1.48. The summed E-state index contributed by atoms with van der Waals surface area (Å²) in [6, 6.07) is 6.08. The number of carbonyl (C=O) groups is 1. The Bertz CT molecular complexity index is 373. The summed E-state index contributed by atoms with van der Waals surface area (Å²) in [4.78, 5) is 11.4. The number of aryl methyl sites for hydroxylation is 1. The molecule has 1 aromatic carbocycles. The molecule has 0 aromatic heterocycles. The third kappa shape index (κ3) is 4.77. The van der Waals surface area contributed by atoms with Crippen LogP contribution in [-0.4, -0.2) is 19.1 Å². The first-order chi connectivity index (χ1) is 8.02. The molecule has 3 nitrogen and oxygen atoms in total. The third-order valence-corrected chi connectivity index (χ3v) is 2.80. The number of esters is 1. The average molecular weight is 300 g/mol. The summed E-state index contributed by atoms with van der Waals surface area (Å²) in [6.45, 7) is 6.71. The van der Waals surface area contributed by atoms with Gasteiger partial charge in [0.2, 0.25) is 0 Å². The zero-order chi connectivity index (χ0) is 12.8. The SMILES string of the molecule is CCOC(=O)C(C)CNc1cc(C)cc(Br)c1. The number of halogens is 1. The van der Waals surface area contributed by atoms with E-state index < -0.39 is 0 Å². The minimum Gasteiger partial charge on any atom is -0.466 e. The molecule has 0 aliphatic heterocycles.